The molecule has 3 N–H and O–H groups in total. The average molecular weight is 552 g/mol. The zero-order chi connectivity index (χ0) is 29.3. The third-order valence-corrected chi connectivity index (χ3v) is 6.49. The molecule has 0 aliphatic carbocycles. The number of hydrogen-bond donors (Lipinski definition) is 3. The van der Waals surface area contributed by atoms with Crippen LogP contribution in [0.4, 0.5) is 0 Å². The second-order valence-corrected chi connectivity index (χ2v) is 10.2. The van der Waals surface area contributed by atoms with Crippen molar-refractivity contribution in [2.24, 2.45) is 5.92 Å². The van der Waals surface area contributed by atoms with E-state index in [0.29, 0.717) is 6.42 Å². The number of rotatable bonds is 14. The monoisotopic (exact) mass is 552 g/mol. The summed E-state index contributed by atoms with van der Waals surface area (Å²) in [5, 5.41) is 14.5. The SMILES string of the molecule is CNC(=O)C[C@]1(CC(=O)O)OB([C@@H](CC(=O)[C@H](Cc2ccccc2)NC(=O)c2cnccn2)CC(C)C)OC1=O. The number of carbonyl (C=O) groups is 5. The second kappa shape index (κ2) is 13.8. The highest BCUT2D eigenvalue weighted by molar-refractivity contribution is 6.51. The van der Waals surface area contributed by atoms with E-state index in [1.165, 1.54) is 25.6 Å². The summed E-state index contributed by atoms with van der Waals surface area (Å²) in [5.41, 5.74) is -1.15. The lowest BCUT2D eigenvalue weighted by molar-refractivity contribution is -0.154. The molecule has 1 aromatic carbocycles. The fourth-order valence-electron chi connectivity index (χ4n) is 4.62. The molecular formula is C27H33BN4O8. The molecule has 0 unspecified atom stereocenters. The molecule has 1 aliphatic rings. The van der Waals surface area contributed by atoms with Gasteiger partial charge in [0.2, 0.25) is 5.91 Å². The number of carboxylic acid groups (broad SMARTS) is 1. The topological polar surface area (TPSA) is 174 Å². The van der Waals surface area contributed by atoms with Crippen LogP contribution in [-0.2, 0) is 34.9 Å². The maximum Gasteiger partial charge on any atom is 0.531 e. The second-order valence-electron chi connectivity index (χ2n) is 10.2. The molecule has 13 heteroatoms. The number of ketones is 1. The van der Waals surface area contributed by atoms with Crippen LogP contribution in [0.15, 0.2) is 48.9 Å². The highest BCUT2D eigenvalue weighted by Crippen LogP contribution is 2.38. The van der Waals surface area contributed by atoms with Gasteiger partial charge in [0.1, 0.15) is 5.69 Å². The van der Waals surface area contributed by atoms with Gasteiger partial charge in [0.15, 0.2) is 11.4 Å². The van der Waals surface area contributed by atoms with Crippen molar-refractivity contribution in [1.29, 1.82) is 0 Å². The van der Waals surface area contributed by atoms with Crippen LogP contribution in [-0.4, -0.2) is 70.4 Å². The van der Waals surface area contributed by atoms with Crippen molar-refractivity contribution in [2.75, 3.05) is 7.05 Å². The predicted octanol–water partition coefficient (Wildman–Crippen LogP) is 1.60. The van der Waals surface area contributed by atoms with E-state index < -0.39 is 61.2 Å². The molecule has 12 nitrogen and oxygen atoms in total. The predicted molar refractivity (Wildman–Crippen MR) is 143 cm³/mol. The van der Waals surface area contributed by atoms with Crippen LogP contribution >= 0.6 is 0 Å². The molecule has 2 aromatic rings. The fraction of sp³-hybridized carbons (Fsp3) is 0.444. The lowest BCUT2D eigenvalue weighted by atomic mass is 9.65. The normalized spacial score (nSPS) is 18.1. The van der Waals surface area contributed by atoms with E-state index in [1.54, 1.807) is 0 Å². The third-order valence-electron chi connectivity index (χ3n) is 6.49. The minimum absolute atomic E-state index is 0.0489. The number of nitrogens with one attached hydrogen (secondary N) is 2. The molecule has 40 heavy (non-hydrogen) atoms. The summed E-state index contributed by atoms with van der Waals surface area (Å²) in [4.78, 5) is 71.1. The molecule has 0 spiro atoms. The van der Waals surface area contributed by atoms with E-state index in [4.69, 9.17) is 9.31 Å². The number of amides is 2. The van der Waals surface area contributed by atoms with Crippen LogP contribution < -0.4 is 10.6 Å². The van der Waals surface area contributed by atoms with Crippen LogP contribution in [0.2, 0.25) is 5.82 Å². The number of carbonyl (C=O) groups excluding carboxylic acids is 4. The number of hydrogen-bond acceptors (Lipinski definition) is 9. The average Bonchev–Trinajstić information content (AvgIpc) is 3.22. The zero-order valence-corrected chi connectivity index (χ0v) is 22.7. The quantitative estimate of drug-likeness (QED) is 0.292. The van der Waals surface area contributed by atoms with Crippen LogP contribution in [0.3, 0.4) is 0 Å². The highest BCUT2D eigenvalue weighted by atomic mass is 16.7. The van der Waals surface area contributed by atoms with E-state index >= 15 is 0 Å². The van der Waals surface area contributed by atoms with Gasteiger partial charge in [-0.05, 0) is 24.3 Å². The van der Waals surface area contributed by atoms with Gasteiger partial charge in [-0.15, -0.1) is 0 Å². The smallest absolute Gasteiger partial charge is 0.507 e. The molecule has 1 fully saturated rings. The molecule has 1 aliphatic heterocycles. The van der Waals surface area contributed by atoms with Gasteiger partial charge in [-0.2, -0.15) is 0 Å². The Bertz CT molecular complexity index is 1210. The molecule has 2 amide bonds. The van der Waals surface area contributed by atoms with E-state index in [-0.39, 0.29) is 30.2 Å². The number of carboxylic acids is 1. The molecule has 2 heterocycles. The van der Waals surface area contributed by atoms with Crippen LogP contribution in [0.1, 0.15) is 55.6 Å². The zero-order valence-electron chi connectivity index (χ0n) is 22.7. The molecule has 1 aromatic heterocycles. The standard InChI is InChI=1S/C27H33BN4O8/c1-17(2)11-19(28-39-26(38)27(40-28,15-24(35)36)14-23(34)29-3)13-22(33)20(12-18-7-5-4-6-8-18)32-25(37)21-16-30-9-10-31-21/h4-10,16-17,19-20H,11-15H2,1-3H3,(H,29,34)(H,32,37)(H,35,36)/t19-,20+,27-/m1/s1. The van der Waals surface area contributed by atoms with Gasteiger partial charge in [0.05, 0.1) is 25.1 Å². The molecular weight excluding hydrogens is 519 g/mol. The van der Waals surface area contributed by atoms with Crippen molar-refractivity contribution in [3.05, 3.63) is 60.2 Å². The Morgan fingerprint density at radius 2 is 1.82 bits per heavy atom. The van der Waals surface area contributed by atoms with E-state index in [0.717, 1.165) is 5.56 Å². The number of Topliss-reactive ketones (excluding diaryl/α,β-unsaturated/α-hetero) is 1. The number of aliphatic carboxylic acids is 1. The van der Waals surface area contributed by atoms with Gasteiger partial charge in [0, 0.05) is 31.7 Å². The molecule has 3 atom stereocenters. The summed E-state index contributed by atoms with van der Waals surface area (Å²) in [6.07, 6.45) is 3.22. The van der Waals surface area contributed by atoms with Crippen molar-refractivity contribution >= 4 is 36.7 Å². The van der Waals surface area contributed by atoms with E-state index in [9.17, 15) is 29.1 Å². The lowest BCUT2D eigenvalue weighted by Gasteiger charge is -2.25. The van der Waals surface area contributed by atoms with Gasteiger partial charge < -0.3 is 25.0 Å². The van der Waals surface area contributed by atoms with E-state index in [1.807, 2.05) is 44.2 Å². The van der Waals surface area contributed by atoms with E-state index in [2.05, 4.69) is 20.6 Å². The first-order valence-corrected chi connectivity index (χ1v) is 13.0. The van der Waals surface area contributed by atoms with Crippen LogP contribution in [0.5, 0.6) is 0 Å². The first-order valence-electron chi connectivity index (χ1n) is 13.0. The van der Waals surface area contributed by atoms with Gasteiger partial charge in [-0.1, -0.05) is 44.2 Å². The minimum atomic E-state index is -2.02. The first-order chi connectivity index (χ1) is 19.0. The Morgan fingerprint density at radius 1 is 1.10 bits per heavy atom. The third kappa shape index (κ3) is 8.19. The molecule has 0 saturated carbocycles. The summed E-state index contributed by atoms with van der Waals surface area (Å²) in [5.74, 6) is -4.43. The summed E-state index contributed by atoms with van der Waals surface area (Å²) in [6, 6.07) is 8.21. The van der Waals surface area contributed by atoms with Gasteiger partial charge in [-0.25, -0.2) is 4.98 Å². The lowest BCUT2D eigenvalue weighted by Crippen LogP contribution is -2.45. The highest BCUT2D eigenvalue weighted by Gasteiger charge is 2.57. The maximum atomic E-state index is 13.7. The fourth-order valence-corrected chi connectivity index (χ4v) is 4.62. The van der Waals surface area contributed by atoms with Crippen molar-refractivity contribution in [3.63, 3.8) is 0 Å². The van der Waals surface area contributed by atoms with Gasteiger partial charge in [-0.3, -0.25) is 29.0 Å². The Morgan fingerprint density at radius 3 is 2.42 bits per heavy atom. The van der Waals surface area contributed by atoms with Crippen LogP contribution in [0, 0.1) is 5.92 Å². The molecule has 0 radical (unpaired) electrons. The Hall–Kier alpha value is -4.13. The Balaban J connectivity index is 1.85. The van der Waals surface area contributed by atoms with Crippen molar-refractivity contribution < 1.29 is 38.4 Å². The molecule has 3 rings (SSSR count). The first kappa shape index (κ1) is 30.4. The van der Waals surface area contributed by atoms with Crippen molar-refractivity contribution in [1.82, 2.24) is 20.6 Å². The number of aromatic nitrogens is 2. The summed E-state index contributed by atoms with van der Waals surface area (Å²) in [6.45, 7) is 3.83. The number of nitrogens with zero attached hydrogens (tertiary/aromatic N) is 2. The largest absolute Gasteiger partial charge is 0.531 e. The molecule has 212 valence electrons. The van der Waals surface area contributed by atoms with Crippen LogP contribution in [0.25, 0.3) is 0 Å². The van der Waals surface area contributed by atoms with Gasteiger partial charge in [0.25, 0.3) is 5.91 Å². The summed E-state index contributed by atoms with van der Waals surface area (Å²) >= 11 is 0. The Labute approximate surface area is 232 Å². The van der Waals surface area contributed by atoms with Crippen molar-refractivity contribution in [2.45, 2.75) is 63.4 Å². The molecule has 0 bridgehead atoms. The maximum absolute atomic E-state index is 13.7. The number of benzene rings is 1. The summed E-state index contributed by atoms with van der Waals surface area (Å²) in [7, 11) is 0.104. The molecule has 1 saturated heterocycles. The summed E-state index contributed by atoms with van der Waals surface area (Å²) < 4.78 is 11.4. The van der Waals surface area contributed by atoms with Crippen molar-refractivity contribution in [3.8, 4) is 0 Å². The Kier molecular flexibility index (Phi) is 10.5. The van der Waals surface area contributed by atoms with Gasteiger partial charge >= 0.3 is 19.1 Å². The minimum Gasteiger partial charge on any atom is -0.507 e.